The van der Waals surface area contributed by atoms with Crippen molar-refractivity contribution in [2.75, 3.05) is 11.5 Å². The number of carboxylic acids is 1. The fraction of sp³-hybridized carbons (Fsp3) is 0.286. The van der Waals surface area contributed by atoms with Gasteiger partial charge in [-0.3, -0.25) is 9.59 Å². The van der Waals surface area contributed by atoms with Gasteiger partial charge in [0, 0.05) is 17.2 Å². The Morgan fingerprint density at radius 3 is 2.50 bits per heavy atom. The van der Waals surface area contributed by atoms with Crippen LogP contribution in [-0.4, -0.2) is 33.8 Å². The topological polar surface area (TPSA) is 107 Å². The zero-order chi connectivity index (χ0) is 25.4. The van der Waals surface area contributed by atoms with E-state index in [9.17, 15) is 29.3 Å². The summed E-state index contributed by atoms with van der Waals surface area (Å²) in [5.41, 5.74) is 2.84. The molecule has 5 rings (SSSR count). The van der Waals surface area contributed by atoms with Crippen LogP contribution >= 0.6 is 0 Å². The smallest absolute Gasteiger partial charge is 0.304 e. The fourth-order valence-electron chi connectivity index (χ4n) is 5.16. The number of ether oxygens (including phenoxy) is 1. The van der Waals surface area contributed by atoms with Gasteiger partial charge in [-0.05, 0) is 66.4 Å². The maximum Gasteiger partial charge on any atom is 0.304 e. The number of benzene rings is 3. The van der Waals surface area contributed by atoms with E-state index in [-0.39, 0.29) is 42.5 Å². The molecule has 186 valence electrons. The zero-order valence-corrected chi connectivity index (χ0v) is 19.4. The van der Waals surface area contributed by atoms with Crippen LogP contribution in [0.4, 0.5) is 10.1 Å². The summed E-state index contributed by atoms with van der Waals surface area (Å²) in [5, 5.41) is 29.6. The molecule has 0 aromatic heterocycles. The van der Waals surface area contributed by atoms with Crippen molar-refractivity contribution >= 4 is 17.6 Å². The van der Waals surface area contributed by atoms with Gasteiger partial charge in [0.05, 0.1) is 31.1 Å². The number of halogens is 1. The van der Waals surface area contributed by atoms with Crippen LogP contribution in [0.15, 0.2) is 66.7 Å². The largest absolute Gasteiger partial charge is 0.508 e. The Hall–Kier alpha value is -3.91. The second-order valence-corrected chi connectivity index (χ2v) is 9.32. The molecule has 3 N–H and O–H groups in total. The highest BCUT2D eigenvalue weighted by Gasteiger charge is 2.48. The lowest BCUT2D eigenvalue weighted by Gasteiger charge is -2.48. The van der Waals surface area contributed by atoms with Gasteiger partial charge in [0.1, 0.15) is 17.3 Å². The van der Waals surface area contributed by atoms with Crippen LogP contribution in [0.25, 0.3) is 0 Å². The molecule has 0 spiro atoms. The van der Waals surface area contributed by atoms with Gasteiger partial charge in [-0.1, -0.05) is 24.3 Å². The lowest BCUT2D eigenvalue weighted by atomic mass is 9.78. The first kappa shape index (κ1) is 23.8. The summed E-state index contributed by atoms with van der Waals surface area (Å²) in [6, 6.07) is 17.4. The molecule has 8 heteroatoms. The van der Waals surface area contributed by atoms with Crippen LogP contribution in [-0.2, 0) is 9.59 Å². The number of β-lactam (4-membered cyclic amide) rings is 1. The molecular formula is C28H26FNO6. The molecule has 36 heavy (non-hydrogen) atoms. The molecule has 0 saturated carbocycles. The Labute approximate surface area is 207 Å². The first-order valence-corrected chi connectivity index (χ1v) is 11.9. The van der Waals surface area contributed by atoms with E-state index in [1.807, 2.05) is 6.07 Å². The van der Waals surface area contributed by atoms with Crippen molar-refractivity contribution in [1.82, 2.24) is 0 Å². The Morgan fingerprint density at radius 1 is 1.08 bits per heavy atom. The number of aliphatic carboxylic acids is 1. The second-order valence-electron chi connectivity index (χ2n) is 9.32. The average Bonchev–Trinajstić information content (AvgIpc) is 3.25. The Morgan fingerprint density at radius 2 is 1.81 bits per heavy atom. The van der Waals surface area contributed by atoms with Gasteiger partial charge < -0.3 is 25.0 Å². The minimum atomic E-state index is -0.913. The number of aromatic hydroxyl groups is 1. The summed E-state index contributed by atoms with van der Waals surface area (Å²) in [4.78, 5) is 26.3. The van der Waals surface area contributed by atoms with Gasteiger partial charge >= 0.3 is 5.97 Å². The third-order valence-corrected chi connectivity index (χ3v) is 7.03. The number of aliphatic hydroxyl groups is 1. The standard InChI is InChI=1S/C28H26FNO6/c29-19-5-1-16(2-6-19)24(32)11-10-22-27(17-3-8-21(31)9-4-17)30(28(22)35)20-7-12-25-23(14-20)18(15-36-25)13-26(33)34/h1-9,12,14,18,22,24,27,31-32H,10-11,13,15H2,(H,33,34)/t18?,22-,24+,27-/m1/s1. The first-order chi connectivity index (χ1) is 17.3. The number of fused-ring (bicyclic) bond motifs is 1. The molecule has 1 fully saturated rings. The second kappa shape index (κ2) is 9.62. The molecule has 2 aliphatic rings. The fourth-order valence-corrected chi connectivity index (χ4v) is 5.16. The number of carboxylic acid groups (broad SMARTS) is 1. The molecular weight excluding hydrogens is 465 g/mol. The Balaban J connectivity index is 1.40. The number of hydrogen-bond acceptors (Lipinski definition) is 5. The molecule has 0 bridgehead atoms. The van der Waals surface area contributed by atoms with Crippen LogP contribution in [0.5, 0.6) is 11.5 Å². The number of anilines is 1. The monoisotopic (exact) mass is 491 g/mol. The van der Waals surface area contributed by atoms with Gasteiger partial charge in [0.2, 0.25) is 5.91 Å². The molecule has 1 amide bonds. The van der Waals surface area contributed by atoms with Gasteiger partial charge in [0.25, 0.3) is 0 Å². The van der Waals surface area contributed by atoms with Gasteiger partial charge in [-0.2, -0.15) is 0 Å². The van der Waals surface area contributed by atoms with Crippen LogP contribution < -0.4 is 9.64 Å². The van der Waals surface area contributed by atoms with Crippen molar-refractivity contribution in [3.63, 3.8) is 0 Å². The first-order valence-electron chi connectivity index (χ1n) is 11.9. The molecule has 4 atom stereocenters. The normalized spacial score (nSPS) is 21.4. The third kappa shape index (κ3) is 4.52. The predicted octanol–water partition coefficient (Wildman–Crippen LogP) is 4.70. The number of rotatable bonds is 8. The van der Waals surface area contributed by atoms with Crippen molar-refractivity contribution in [1.29, 1.82) is 0 Å². The molecule has 0 radical (unpaired) electrons. The zero-order valence-electron chi connectivity index (χ0n) is 19.4. The number of carbonyl (C=O) groups excluding carboxylic acids is 1. The number of phenols is 1. The maximum absolute atomic E-state index is 13.4. The van der Waals surface area contributed by atoms with Crippen molar-refractivity contribution < 1.29 is 34.0 Å². The Bertz CT molecular complexity index is 1280. The Kier molecular flexibility index (Phi) is 6.36. The highest BCUT2D eigenvalue weighted by Crippen LogP contribution is 2.48. The quantitative estimate of drug-likeness (QED) is 0.395. The van der Waals surface area contributed by atoms with Gasteiger partial charge in [-0.25, -0.2) is 4.39 Å². The molecule has 0 aliphatic carbocycles. The van der Waals surface area contributed by atoms with E-state index in [4.69, 9.17) is 4.74 Å². The van der Waals surface area contributed by atoms with E-state index in [2.05, 4.69) is 0 Å². The number of hydrogen-bond donors (Lipinski definition) is 3. The summed E-state index contributed by atoms with van der Waals surface area (Å²) in [6.45, 7) is 0.282. The van der Waals surface area contributed by atoms with Crippen LogP contribution in [0.3, 0.4) is 0 Å². The maximum atomic E-state index is 13.4. The number of carbonyl (C=O) groups is 2. The molecule has 1 unspecified atom stereocenters. The minimum absolute atomic E-state index is 0.0598. The van der Waals surface area contributed by atoms with Crippen molar-refractivity contribution in [3.8, 4) is 11.5 Å². The molecule has 2 heterocycles. The molecule has 3 aromatic carbocycles. The summed E-state index contributed by atoms with van der Waals surface area (Å²) in [6.07, 6.45) is -0.157. The number of nitrogens with zero attached hydrogens (tertiary/aromatic N) is 1. The minimum Gasteiger partial charge on any atom is -0.508 e. The summed E-state index contributed by atoms with van der Waals surface area (Å²) in [5.74, 6) is -1.35. The average molecular weight is 492 g/mol. The molecule has 2 aliphatic heterocycles. The lowest BCUT2D eigenvalue weighted by molar-refractivity contribution is -0.137. The van der Waals surface area contributed by atoms with Gasteiger partial charge in [0.15, 0.2) is 0 Å². The molecule has 7 nitrogen and oxygen atoms in total. The highest BCUT2D eigenvalue weighted by molar-refractivity contribution is 6.03. The van der Waals surface area contributed by atoms with Crippen molar-refractivity contribution in [2.24, 2.45) is 5.92 Å². The van der Waals surface area contributed by atoms with E-state index in [0.717, 1.165) is 11.1 Å². The SMILES string of the molecule is O=C(O)CC1COc2ccc(N3C(=O)[C@H](CC[C@H](O)c4ccc(F)cc4)[C@H]3c3ccc(O)cc3)cc21. The molecule has 3 aromatic rings. The van der Waals surface area contributed by atoms with Crippen LogP contribution in [0.1, 0.15) is 54.0 Å². The number of phenolic OH excluding ortho intramolecular Hbond substituents is 1. The van der Waals surface area contributed by atoms with E-state index < -0.39 is 18.0 Å². The van der Waals surface area contributed by atoms with Crippen molar-refractivity contribution in [3.05, 3.63) is 89.2 Å². The van der Waals surface area contributed by atoms with E-state index in [0.29, 0.717) is 29.8 Å². The van der Waals surface area contributed by atoms with E-state index in [1.165, 1.54) is 24.3 Å². The summed E-state index contributed by atoms with van der Waals surface area (Å²) >= 11 is 0. The highest BCUT2D eigenvalue weighted by atomic mass is 19.1. The van der Waals surface area contributed by atoms with Crippen LogP contribution in [0, 0.1) is 11.7 Å². The summed E-state index contributed by atoms with van der Waals surface area (Å²) in [7, 11) is 0. The summed E-state index contributed by atoms with van der Waals surface area (Å²) < 4.78 is 18.9. The number of amides is 1. The van der Waals surface area contributed by atoms with E-state index >= 15 is 0 Å². The predicted molar refractivity (Wildman–Crippen MR) is 129 cm³/mol. The lowest BCUT2D eigenvalue weighted by Crippen LogP contribution is -2.55. The van der Waals surface area contributed by atoms with Crippen molar-refractivity contribution in [2.45, 2.75) is 37.3 Å². The number of aliphatic hydroxyl groups excluding tert-OH is 1. The third-order valence-electron chi connectivity index (χ3n) is 7.03. The van der Waals surface area contributed by atoms with E-state index in [1.54, 1.807) is 41.3 Å². The van der Waals surface area contributed by atoms with Crippen LogP contribution in [0.2, 0.25) is 0 Å². The molecule has 1 saturated heterocycles. The van der Waals surface area contributed by atoms with Gasteiger partial charge in [-0.15, -0.1) is 0 Å².